The molecule has 2 N–H and O–H groups in total. The molecule has 0 spiro atoms. The van der Waals surface area contributed by atoms with E-state index >= 15 is 0 Å². The van der Waals surface area contributed by atoms with E-state index in [2.05, 4.69) is 10.6 Å². The van der Waals surface area contributed by atoms with Gasteiger partial charge in [0.05, 0.1) is 7.11 Å². The molecular weight excluding hydrogens is 258 g/mol. The van der Waals surface area contributed by atoms with Crippen LogP contribution in [0.3, 0.4) is 0 Å². The summed E-state index contributed by atoms with van der Waals surface area (Å²) in [5.74, 6) is -0.485. The maximum Gasteiger partial charge on any atom is 0.309 e. The van der Waals surface area contributed by atoms with E-state index in [4.69, 9.17) is 4.74 Å². The van der Waals surface area contributed by atoms with E-state index < -0.39 is 11.8 Å². The minimum absolute atomic E-state index is 0.309. The van der Waals surface area contributed by atoms with Crippen molar-refractivity contribution in [2.75, 3.05) is 34.3 Å². The lowest BCUT2D eigenvalue weighted by Gasteiger charge is -2.10. The molecule has 0 aliphatic carbocycles. The number of nitrogens with zero attached hydrogens (tertiary/aromatic N) is 1. The molecule has 1 aromatic carbocycles. The van der Waals surface area contributed by atoms with Crippen LogP contribution >= 0.6 is 0 Å². The third-order valence-electron chi connectivity index (χ3n) is 2.66. The third kappa shape index (κ3) is 5.71. The number of methoxy groups -OCH3 is 1. The van der Waals surface area contributed by atoms with E-state index in [1.807, 2.05) is 31.1 Å². The molecule has 0 fully saturated rings. The Bertz CT molecular complexity index is 443. The average molecular weight is 279 g/mol. The van der Waals surface area contributed by atoms with Crippen molar-refractivity contribution in [1.29, 1.82) is 0 Å². The van der Waals surface area contributed by atoms with E-state index in [1.165, 1.54) is 0 Å². The lowest BCUT2D eigenvalue weighted by molar-refractivity contribution is -0.139. The van der Waals surface area contributed by atoms with Crippen molar-refractivity contribution < 1.29 is 14.3 Å². The summed E-state index contributed by atoms with van der Waals surface area (Å²) in [7, 11) is 5.39. The van der Waals surface area contributed by atoms with E-state index in [1.54, 1.807) is 19.2 Å². The predicted octanol–water partition coefficient (Wildman–Crippen LogP) is -0.0108. The number of benzene rings is 1. The molecule has 0 saturated heterocycles. The second kappa shape index (κ2) is 8.16. The number of nitrogens with one attached hydrogen (secondary N) is 2. The van der Waals surface area contributed by atoms with Crippen LogP contribution in [0.15, 0.2) is 24.3 Å². The van der Waals surface area contributed by atoms with Crippen LogP contribution in [0.5, 0.6) is 5.75 Å². The molecule has 2 amide bonds. The summed E-state index contributed by atoms with van der Waals surface area (Å²) in [5.41, 5.74) is 0.903. The zero-order chi connectivity index (χ0) is 15.0. The fourth-order valence-electron chi connectivity index (χ4n) is 1.48. The highest BCUT2D eigenvalue weighted by Gasteiger charge is 2.12. The van der Waals surface area contributed by atoms with E-state index in [0.29, 0.717) is 19.6 Å². The fraction of sp³-hybridized carbons (Fsp3) is 0.429. The topological polar surface area (TPSA) is 70.7 Å². The number of ether oxygens (including phenoxy) is 1. The summed E-state index contributed by atoms with van der Waals surface area (Å²) in [5, 5.41) is 5.12. The van der Waals surface area contributed by atoms with Gasteiger partial charge in [-0.05, 0) is 31.8 Å². The van der Waals surface area contributed by atoms with Gasteiger partial charge in [-0.15, -0.1) is 0 Å². The molecule has 1 rings (SSSR count). The van der Waals surface area contributed by atoms with E-state index in [9.17, 15) is 9.59 Å². The number of hydrogen-bond acceptors (Lipinski definition) is 4. The summed E-state index contributed by atoms with van der Waals surface area (Å²) in [6.07, 6.45) is 0. The van der Waals surface area contributed by atoms with Crippen molar-refractivity contribution in [2.24, 2.45) is 0 Å². The zero-order valence-corrected chi connectivity index (χ0v) is 12.1. The minimum atomic E-state index is -0.625. The SMILES string of the molecule is COc1ccc(CNC(=O)C(=O)NCCN(C)C)cc1. The lowest BCUT2D eigenvalue weighted by Crippen LogP contribution is -2.41. The molecule has 0 aromatic heterocycles. The van der Waals surface area contributed by atoms with Crippen LogP contribution in [0, 0.1) is 0 Å². The van der Waals surface area contributed by atoms with Crippen molar-refractivity contribution in [3.63, 3.8) is 0 Å². The Morgan fingerprint density at radius 2 is 1.70 bits per heavy atom. The molecule has 20 heavy (non-hydrogen) atoms. The molecule has 6 nitrogen and oxygen atoms in total. The molecule has 6 heteroatoms. The molecule has 110 valence electrons. The van der Waals surface area contributed by atoms with Gasteiger partial charge in [0.2, 0.25) is 0 Å². The molecule has 0 saturated carbocycles. The molecule has 0 aliphatic rings. The Morgan fingerprint density at radius 1 is 1.10 bits per heavy atom. The van der Waals surface area contributed by atoms with Gasteiger partial charge in [0.1, 0.15) is 5.75 Å². The van der Waals surface area contributed by atoms with Crippen molar-refractivity contribution in [3.8, 4) is 5.75 Å². The lowest BCUT2D eigenvalue weighted by atomic mass is 10.2. The molecule has 0 heterocycles. The van der Waals surface area contributed by atoms with Gasteiger partial charge in [-0.25, -0.2) is 0 Å². The second-order valence-corrected chi connectivity index (χ2v) is 4.59. The first-order chi connectivity index (χ1) is 9.52. The minimum Gasteiger partial charge on any atom is -0.497 e. The summed E-state index contributed by atoms with van der Waals surface area (Å²) in [6.45, 7) is 1.45. The Kier molecular flexibility index (Phi) is 6.52. The number of likely N-dealkylation sites (N-methyl/N-ethyl adjacent to an activating group) is 1. The third-order valence-corrected chi connectivity index (χ3v) is 2.66. The van der Waals surface area contributed by atoms with Crippen LogP contribution in [0.25, 0.3) is 0 Å². The molecule has 0 unspecified atom stereocenters. The van der Waals surface area contributed by atoms with Crippen LogP contribution in [0.4, 0.5) is 0 Å². The summed E-state index contributed by atoms with van der Waals surface area (Å²) >= 11 is 0. The van der Waals surface area contributed by atoms with Gasteiger partial charge in [-0.1, -0.05) is 12.1 Å². The molecule has 0 bridgehead atoms. The number of carbonyl (C=O) groups excluding carboxylic acids is 2. The quantitative estimate of drug-likeness (QED) is 0.719. The van der Waals surface area contributed by atoms with Gasteiger partial charge < -0.3 is 20.3 Å². The summed E-state index contributed by atoms with van der Waals surface area (Å²) in [4.78, 5) is 25.0. The number of hydrogen-bond donors (Lipinski definition) is 2. The maximum absolute atomic E-state index is 11.6. The van der Waals surface area contributed by atoms with Crippen molar-refractivity contribution >= 4 is 11.8 Å². The van der Waals surface area contributed by atoms with Gasteiger partial charge in [0.15, 0.2) is 0 Å². The van der Waals surface area contributed by atoms with Gasteiger partial charge >= 0.3 is 11.8 Å². The first-order valence-corrected chi connectivity index (χ1v) is 6.36. The van der Waals surface area contributed by atoms with E-state index in [0.717, 1.165) is 11.3 Å². The zero-order valence-electron chi connectivity index (χ0n) is 12.1. The van der Waals surface area contributed by atoms with Crippen molar-refractivity contribution in [3.05, 3.63) is 29.8 Å². The highest BCUT2D eigenvalue weighted by Crippen LogP contribution is 2.10. The molecule has 0 radical (unpaired) electrons. The number of amides is 2. The van der Waals surface area contributed by atoms with Crippen molar-refractivity contribution in [1.82, 2.24) is 15.5 Å². The van der Waals surface area contributed by atoms with Gasteiger partial charge in [0, 0.05) is 19.6 Å². The van der Waals surface area contributed by atoms with Crippen LogP contribution < -0.4 is 15.4 Å². The number of rotatable bonds is 6. The summed E-state index contributed by atoms with van der Waals surface area (Å²) in [6, 6.07) is 7.28. The maximum atomic E-state index is 11.6. The Morgan fingerprint density at radius 3 is 2.25 bits per heavy atom. The van der Waals surface area contributed by atoms with Gasteiger partial charge in [-0.3, -0.25) is 9.59 Å². The van der Waals surface area contributed by atoms with Crippen LogP contribution in [0.1, 0.15) is 5.56 Å². The molecule has 0 atom stereocenters. The first kappa shape index (κ1) is 16.0. The second-order valence-electron chi connectivity index (χ2n) is 4.59. The van der Waals surface area contributed by atoms with E-state index in [-0.39, 0.29) is 0 Å². The van der Waals surface area contributed by atoms with Crippen LogP contribution in [0.2, 0.25) is 0 Å². The highest BCUT2D eigenvalue weighted by atomic mass is 16.5. The smallest absolute Gasteiger partial charge is 0.309 e. The van der Waals surface area contributed by atoms with Crippen LogP contribution in [-0.2, 0) is 16.1 Å². The van der Waals surface area contributed by atoms with Gasteiger partial charge in [0.25, 0.3) is 0 Å². The Labute approximate surface area is 119 Å². The Hall–Kier alpha value is -2.08. The fourth-order valence-corrected chi connectivity index (χ4v) is 1.48. The number of carbonyl (C=O) groups is 2. The summed E-state index contributed by atoms with van der Waals surface area (Å²) < 4.78 is 5.04. The highest BCUT2D eigenvalue weighted by molar-refractivity contribution is 6.35. The largest absolute Gasteiger partial charge is 0.497 e. The average Bonchev–Trinajstić information content (AvgIpc) is 2.44. The first-order valence-electron chi connectivity index (χ1n) is 6.36. The monoisotopic (exact) mass is 279 g/mol. The molecule has 0 aliphatic heterocycles. The standard InChI is InChI=1S/C14H21N3O3/c1-17(2)9-8-15-13(18)14(19)16-10-11-4-6-12(20-3)7-5-11/h4-7H,8-10H2,1-3H3,(H,15,18)(H,16,19). The Balaban J connectivity index is 2.32. The van der Waals surface area contributed by atoms with Crippen molar-refractivity contribution in [2.45, 2.75) is 6.54 Å². The normalized spacial score (nSPS) is 10.2. The van der Waals surface area contributed by atoms with Gasteiger partial charge in [-0.2, -0.15) is 0 Å². The van der Waals surface area contributed by atoms with Crippen LogP contribution in [-0.4, -0.2) is 51.0 Å². The molecule has 1 aromatic rings. The predicted molar refractivity (Wildman–Crippen MR) is 76.4 cm³/mol. The molecular formula is C14H21N3O3.